The first-order chi connectivity index (χ1) is 10.6. The second-order valence-electron chi connectivity index (χ2n) is 4.73. The number of amides is 1. The molecule has 0 saturated heterocycles. The highest BCUT2D eigenvalue weighted by atomic mass is 32.2. The van der Waals surface area contributed by atoms with Crippen LogP contribution < -0.4 is 10.1 Å². The largest absolute Gasteiger partial charge is 0.497 e. The number of hydrogen-bond acceptors (Lipinski definition) is 5. The number of rotatable bonds is 7. The molecular formula is C15H20N4O2S. The van der Waals surface area contributed by atoms with E-state index >= 15 is 0 Å². The standard InChI is InChI=1S/C15H20N4O2S/c1-4-19-10-17-18-15(19)22-11(2)14(20)16-9-12-5-7-13(21-3)8-6-12/h5-8,10-11H,4,9H2,1-3H3,(H,16,20)/t11-/m0/s1. The Morgan fingerprint density at radius 3 is 2.77 bits per heavy atom. The molecule has 6 nitrogen and oxygen atoms in total. The Kier molecular flexibility index (Phi) is 5.83. The van der Waals surface area contributed by atoms with Crippen LogP contribution in [-0.4, -0.2) is 33.0 Å². The van der Waals surface area contributed by atoms with Crippen molar-refractivity contribution in [2.24, 2.45) is 0 Å². The van der Waals surface area contributed by atoms with Crippen LogP contribution in [-0.2, 0) is 17.9 Å². The summed E-state index contributed by atoms with van der Waals surface area (Å²) >= 11 is 1.41. The normalized spacial score (nSPS) is 12.0. The van der Waals surface area contributed by atoms with Crippen LogP contribution in [0.2, 0.25) is 0 Å². The number of benzene rings is 1. The minimum atomic E-state index is -0.229. The molecule has 1 amide bonds. The summed E-state index contributed by atoms with van der Waals surface area (Å²) in [6.07, 6.45) is 1.67. The van der Waals surface area contributed by atoms with E-state index < -0.39 is 0 Å². The number of carbonyl (C=O) groups is 1. The minimum Gasteiger partial charge on any atom is -0.497 e. The highest BCUT2D eigenvalue weighted by Gasteiger charge is 2.17. The molecule has 0 spiro atoms. The molecule has 0 saturated carbocycles. The SMILES string of the molecule is CCn1cnnc1S[C@@H](C)C(=O)NCc1ccc(OC)cc1. The summed E-state index contributed by atoms with van der Waals surface area (Å²) in [4.78, 5) is 12.2. The second kappa shape index (κ2) is 7.84. The number of hydrogen-bond donors (Lipinski definition) is 1. The first kappa shape index (κ1) is 16.4. The van der Waals surface area contributed by atoms with E-state index in [9.17, 15) is 4.79 Å². The van der Waals surface area contributed by atoms with E-state index in [4.69, 9.17) is 4.74 Å². The fourth-order valence-electron chi connectivity index (χ4n) is 1.84. The molecule has 1 aromatic carbocycles. The molecule has 0 unspecified atom stereocenters. The van der Waals surface area contributed by atoms with E-state index in [2.05, 4.69) is 15.5 Å². The van der Waals surface area contributed by atoms with Crippen molar-refractivity contribution in [1.29, 1.82) is 0 Å². The summed E-state index contributed by atoms with van der Waals surface area (Å²) < 4.78 is 7.02. The highest BCUT2D eigenvalue weighted by molar-refractivity contribution is 8.00. The van der Waals surface area contributed by atoms with Crippen LogP contribution in [0.1, 0.15) is 19.4 Å². The Labute approximate surface area is 134 Å². The second-order valence-corrected chi connectivity index (χ2v) is 6.03. The van der Waals surface area contributed by atoms with Crippen LogP contribution in [0.25, 0.3) is 0 Å². The van der Waals surface area contributed by atoms with Crippen molar-refractivity contribution in [2.45, 2.75) is 37.3 Å². The van der Waals surface area contributed by atoms with Gasteiger partial charge >= 0.3 is 0 Å². The van der Waals surface area contributed by atoms with E-state index in [1.807, 2.05) is 42.7 Å². The first-order valence-electron chi connectivity index (χ1n) is 7.09. The summed E-state index contributed by atoms with van der Waals surface area (Å²) in [6.45, 7) is 5.16. The van der Waals surface area contributed by atoms with Crippen LogP contribution in [0.5, 0.6) is 5.75 Å². The molecule has 0 fully saturated rings. The third-order valence-electron chi connectivity index (χ3n) is 3.20. The maximum absolute atomic E-state index is 12.2. The van der Waals surface area contributed by atoms with Crippen LogP contribution in [0, 0.1) is 0 Å². The minimum absolute atomic E-state index is 0.0218. The van der Waals surface area contributed by atoms with E-state index in [1.54, 1.807) is 13.4 Å². The zero-order chi connectivity index (χ0) is 15.9. The topological polar surface area (TPSA) is 69.0 Å². The van der Waals surface area contributed by atoms with Gasteiger partial charge in [-0.3, -0.25) is 4.79 Å². The van der Waals surface area contributed by atoms with Gasteiger partial charge in [-0.25, -0.2) is 0 Å². The third kappa shape index (κ3) is 4.24. The summed E-state index contributed by atoms with van der Waals surface area (Å²) in [5, 5.41) is 11.4. The van der Waals surface area contributed by atoms with Gasteiger partial charge < -0.3 is 14.6 Å². The van der Waals surface area contributed by atoms with Gasteiger partial charge in [0.05, 0.1) is 12.4 Å². The summed E-state index contributed by atoms with van der Waals surface area (Å²) in [6, 6.07) is 7.63. The van der Waals surface area contributed by atoms with Crippen molar-refractivity contribution >= 4 is 17.7 Å². The highest BCUT2D eigenvalue weighted by Crippen LogP contribution is 2.21. The Morgan fingerprint density at radius 1 is 1.41 bits per heavy atom. The van der Waals surface area contributed by atoms with Crippen molar-refractivity contribution < 1.29 is 9.53 Å². The molecule has 1 heterocycles. The third-order valence-corrected chi connectivity index (χ3v) is 4.29. The predicted molar refractivity (Wildman–Crippen MR) is 85.9 cm³/mol. The van der Waals surface area contributed by atoms with Gasteiger partial charge in [0.1, 0.15) is 12.1 Å². The number of aromatic nitrogens is 3. The lowest BCUT2D eigenvalue weighted by molar-refractivity contribution is -0.120. The average Bonchev–Trinajstić information content (AvgIpc) is 3.00. The fraction of sp³-hybridized carbons (Fsp3) is 0.400. The van der Waals surface area contributed by atoms with Gasteiger partial charge in [0.2, 0.25) is 5.91 Å². The molecular weight excluding hydrogens is 300 g/mol. The van der Waals surface area contributed by atoms with Gasteiger partial charge in [-0.15, -0.1) is 10.2 Å². The average molecular weight is 320 g/mol. The van der Waals surface area contributed by atoms with E-state index in [0.717, 1.165) is 23.0 Å². The van der Waals surface area contributed by atoms with Crippen molar-refractivity contribution in [3.05, 3.63) is 36.2 Å². The maximum Gasteiger partial charge on any atom is 0.233 e. The molecule has 0 radical (unpaired) electrons. The molecule has 1 atom stereocenters. The van der Waals surface area contributed by atoms with Gasteiger partial charge in [0.15, 0.2) is 5.16 Å². The molecule has 7 heteroatoms. The van der Waals surface area contributed by atoms with Crippen LogP contribution in [0.3, 0.4) is 0 Å². The molecule has 1 N–H and O–H groups in total. The lowest BCUT2D eigenvalue weighted by atomic mass is 10.2. The lowest BCUT2D eigenvalue weighted by Gasteiger charge is -2.12. The number of thioether (sulfide) groups is 1. The van der Waals surface area contributed by atoms with Crippen molar-refractivity contribution in [3.8, 4) is 5.75 Å². The summed E-state index contributed by atoms with van der Waals surface area (Å²) in [5.41, 5.74) is 1.03. The van der Waals surface area contributed by atoms with Crippen LogP contribution >= 0.6 is 11.8 Å². The van der Waals surface area contributed by atoms with Crippen molar-refractivity contribution in [1.82, 2.24) is 20.1 Å². The Bertz CT molecular complexity index is 612. The summed E-state index contributed by atoms with van der Waals surface area (Å²) in [7, 11) is 1.63. The molecule has 1 aromatic heterocycles. The maximum atomic E-state index is 12.2. The Hall–Kier alpha value is -2.02. The molecule has 2 rings (SSSR count). The number of aryl methyl sites for hydroxylation is 1. The number of carbonyl (C=O) groups excluding carboxylic acids is 1. The lowest BCUT2D eigenvalue weighted by Crippen LogP contribution is -2.30. The molecule has 0 aliphatic heterocycles. The van der Waals surface area contributed by atoms with Gasteiger partial charge in [0.25, 0.3) is 0 Å². The molecule has 0 aliphatic rings. The van der Waals surface area contributed by atoms with Gasteiger partial charge in [-0.1, -0.05) is 23.9 Å². The Morgan fingerprint density at radius 2 is 2.14 bits per heavy atom. The molecule has 0 aliphatic carbocycles. The first-order valence-corrected chi connectivity index (χ1v) is 7.97. The number of methoxy groups -OCH3 is 1. The summed E-state index contributed by atoms with van der Waals surface area (Å²) in [5.74, 6) is 0.782. The van der Waals surface area contributed by atoms with Gasteiger partial charge in [0, 0.05) is 13.1 Å². The van der Waals surface area contributed by atoms with E-state index in [-0.39, 0.29) is 11.2 Å². The van der Waals surface area contributed by atoms with Gasteiger partial charge in [-0.05, 0) is 31.5 Å². The predicted octanol–water partition coefficient (Wildman–Crippen LogP) is 2.10. The molecule has 22 heavy (non-hydrogen) atoms. The monoisotopic (exact) mass is 320 g/mol. The zero-order valence-electron chi connectivity index (χ0n) is 12.9. The number of ether oxygens (including phenoxy) is 1. The molecule has 2 aromatic rings. The van der Waals surface area contributed by atoms with Gasteiger partial charge in [-0.2, -0.15) is 0 Å². The number of nitrogens with zero attached hydrogens (tertiary/aromatic N) is 3. The van der Waals surface area contributed by atoms with Crippen LogP contribution in [0.4, 0.5) is 0 Å². The van der Waals surface area contributed by atoms with Crippen molar-refractivity contribution in [2.75, 3.05) is 7.11 Å². The van der Waals surface area contributed by atoms with E-state index in [1.165, 1.54) is 11.8 Å². The van der Waals surface area contributed by atoms with Crippen molar-refractivity contribution in [3.63, 3.8) is 0 Å². The van der Waals surface area contributed by atoms with Crippen LogP contribution in [0.15, 0.2) is 35.7 Å². The quantitative estimate of drug-likeness (QED) is 0.791. The van der Waals surface area contributed by atoms with E-state index in [0.29, 0.717) is 6.54 Å². The Balaban J connectivity index is 1.85. The zero-order valence-corrected chi connectivity index (χ0v) is 13.8. The smallest absolute Gasteiger partial charge is 0.233 e. The molecule has 0 bridgehead atoms. The fourth-order valence-corrected chi connectivity index (χ4v) is 2.75. The number of nitrogens with one attached hydrogen (secondary N) is 1. The molecule has 118 valence electrons.